The summed E-state index contributed by atoms with van der Waals surface area (Å²) in [5, 5.41) is 9.62. The van der Waals surface area contributed by atoms with E-state index >= 15 is 0 Å². The van der Waals surface area contributed by atoms with Crippen LogP contribution in [0.3, 0.4) is 0 Å². The second-order valence-electron chi connectivity index (χ2n) is 11.9. The van der Waals surface area contributed by atoms with E-state index in [1.54, 1.807) is 9.80 Å². The molecule has 3 amide bonds. The Labute approximate surface area is 230 Å². The third-order valence-electron chi connectivity index (χ3n) is 9.46. The van der Waals surface area contributed by atoms with Gasteiger partial charge in [0, 0.05) is 38.8 Å². The summed E-state index contributed by atoms with van der Waals surface area (Å²) in [6.07, 6.45) is 13.4. The molecule has 6 rings (SSSR count). The van der Waals surface area contributed by atoms with Crippen LogP contribution in [0, 0.1) is 11.8 Å². The summed E-state index contributed by atoms with van der Waals surface area (Å²) in [4.78, 5) is 48.3. The normalized spacial score (nSPS) is 34.7. The van der Waals surface area contributed by atoms with Crippen LogP contribution in [0.1, 0.15) is 51.0 Å². The summed E-state index contributed by atoms with van der Waals surface area (Å²) >= 11 is 0. The van der Waals surface area contributed by atoms with Crippen molar-refractivity contribution in [1.82, 2.24) is 14.7 Å². The van der Waals surface area contributed by atoms with Gasteiger partial charge in [0.25, 0.3) is 0 Å². The Hall–Kier alpha value is -2.97. The largest absolute Gasteiger partial charge is 0.396 e. The number of fused-ring (bicyclic) bond motifs is 2. The van der Waals surface area contributed by atoms with E-state index in [0.29, 0.717) is 26.1 Å². The van der Waals surface area contributed by atoms with Crippen LogP contribution in [-0.4, -0.2) is 87.1 Å². The van der Waals surface area contributed by atoms with E-state index in [0.717, 1.165) is 31.2 Å². The number of hydrogen-bond donors (Lipinski definition) is 1. The van der Waals surface area contributed by atoms with E-state index < -0.39 is 29.1 Å². The summed E-state index contributed by atoms with van der Waals surface area (Å²) in [6.45, 7) is 3.39. The highest BCUT2D eigenvalue weighted by atomic mass is 16.5. The highest BCUT2D eigenvalue weighted by molar-refractivity contribution is 6.00. The topological polar surface area (TPSA) is 90.4 Å². The Bertz CT molecular complexity index is 1180. The van der Waals surface area contributed by atoms with Crippen molar-refractivity contribution in [2.75, 3.05) is 26.2 Å². The zero-order valence-corrected chi connectivity index (χ0v) is 22.7. The summed E-state index contributed by atoms with van der Waals surface area (Å²) < 4.78 is 6.89. The fourth-order valence-corrected chi connectivity index (χ4v) is 7.74. The maximum Gasteiger partial charge on any atom is 0.249 e. The Morgan fingerprint density at radius 2 is 1.67 bits per heavy atom. The van der Waals surface area contributed by atoms with Crippen LogP contribution in [0.25, 0.3) is 0 Å². The molecule has 1 aliphatic carbocycles. The van der Waals surface area contributed by atoms with Crippen molar-refractivity contribution in [3.05, 3.63) is 60.2 Å². The van der Waals surface area contributed by atoms with Crippen molar-refractivity contribution in [2.45, 2.75) is 75.3 Å². The van der Waals surface area contributed by atoms with Gasteiger partial charge in [0.1, 0.15) is 11.6 Å². The van der Waals surface area contributed by atoms with Gasteiger partial charge in [0.2, 0.25) is 17.7 Å². The minimum absolute atomic E-state index is 0.0843. The molecule has 5 atom stereocenters. The zero-order valence-electron chi connectivity index (χ0n) is 22.7. The average molecular weight is 534 g/mol. The van der Waals surface area contributed by atoms with Gasteiger partial charge in [0.15, 0.2) is 0 Å². The van der Waals surface area contributed by atoms with Crippen molar-refractivity contribution in [3.8, 4) is 0 Å². The molecule has 0 radical (unpaired) electrons. The molecule has 39 heavy (non-hydrogen) atoms. The first-order valence-electron chi connectivity index (χ1n) is 14.5. The van der Waals surface area contributed by atoms with Crippen LogP contribution < -0.4 is 0 Å². The molecule has 1 N–H and O–H groups in total. The van der Waals surface area contributed by atoms with Crippen LogP contribution in [0.2, 0.25) is 0 Å². The number of carbonyl (C=O) groups is 3. The first kappa shape index (κ1) is 26.3. The quantitative estimate of drug-likeness (QED) is 0.568. The summed E-state index contributed by atoms with van der Waals surface area (Å²) in [5.41, 5.74) is -1.24. The summed E-state index contributed by atoms with van der Waals surface area (Å²) in [5.74, 6) is -2.02. The molecule has 1 unspecified atom stereocenters. The molecular formula is C31H39N3O5. The number of amides is 3. The van der Waals surface area contributed by atoms with Gasteiger partial charge >= 0.3 is 0 Å². The van der Waals surface area contributed by atoms with Crippen LogP contribution in [0.4, 0.5) is 0 Å². The monoisotopic (exact) mass is 533 g/mol. The number of likely N-dealkylation sites (tertiary alicyclic amines) is 1. The standard InChI is InChI=1S/C31H39N3O5/c1-30-15-8-17-32(21-22-11-4-2-5-12-22)27(36)24(30)25-28(37)34(19-10-20-35)26-29(38)33(23-13-6-3-7-14-23)18-9-16-31(25,26)39-30/h2,4-5,8-9,11-12,15-16,23-26,35H,3,6-7,10,13-14,17-21H2,1H3/t24-,25+,26?,30+,31+/m1/s1. The fraction of sp³-hybridized carbons (Fsp3) is 0.581. The smallest absolute Gasteiger partial charge is 0.249 e. The second kappa shape index (κ2) is 10.2. The molecule has 1 aromatic carbocycles. The van der Waals surface area contributed by atoms with Gasteiger partial charge in [-0.05, 0) is 31.7 Å². The molecular weight excluding hydrogens is 494 g/mol. The van der Waals surface area contributed by atoms with Gasteiger partial charge in [-0.2, -0.15) is 0 Å². The molecule has 4 heterocycles. The molecule has 4 aliphatic heterocycles. The molecule has 1 spiro atoms. The van der Waals surface area contributed by atoms with Gasteiger partial charge in [-0.25, -0.2) is 0 Å². The minimum atomic E-state index is -1.23. The van der Waals surface area contributed by atoms with Crippen molar-refractivity contribution in [3.63, 3.8) is 0 Å². The molecule has 5 aliphatic rings. The second-order valence-corrected chi connectivity index (χ2v) is 11.9. The number of ether oxygens (including phenoxy) is 1. The van der Waals surface area contributed by atoms with Crippen molar-refractivity contribution >= 4 is 17.7 Å². The molecule has 3 fully saturated rings. The SMILES string of the molecule is C[C@]12C=CCN(Cc3ccccc3)C(=O)[C@H]1[C@H]1C(=O)N(CCCO)C3C(=O)N(C4CCCCC4)CC=C[C@@]31O2. The molecule has 0 bridgehead atoms. The van der Waals surface area contributed by atoms with E-state index in [1.165, 1.54) is 6.42 Å². The van der Waals surface area contributed by atoms with Gasteiger partial charge in [-0.3, -0.25) is 14.4 Å². The third-order valence-corrected chi connectivity index (χ3v) is 9.46. The molecule has 8 heteroatoms. The van der Waals surface area contributed by atoms with E-state index in [9.17, 15) is 19.5 Å². The van der Waals surface area contributed by atoms with Crippen molar-refractivity contribution in [1.29, 1.82) is 0 Å². The number of nitrogens with zero attached hydrogens (tertiary/aromatic N) is 3. The van der Waals surface area contributed by atoms with Crippen LogP contribution in [-0.2, 0) is 25.7 Å². The van der Waals surface area contributed by atoms with Gasteiger partial charge in [-0.1, -0.05) is 73.9 Å². The van der Waals surface area contributed by atoms with Crippen LogP contribution in [0.15, 0.2) is 54.6 Å². The number of aliphatic hydroxyl groups is 1. The minimum Gasteiger partial charge on any atom is -0.396 e. The summed E-state index contributed by atoms with van der Waals surface area (Å²) in [7, 11) is 0. The molecule has 1 saturated carbocycles. The first-order chi connectivity index (χ1) is 18.9. The summed E-state index contributed by atoms with van der Waals surface area (Å²) in [6, 6.07) is 9.13. The Kier molecular flexibility index (Phi) is 6.88. The lowest BCUT2D eigenvalue weighted by molar-refractivity contribution is -0.154. The highest BCUT2D eigenvalue weighted by Gasteiger charge is 2.74. The number of benzene rings is 1. The maximum absolute atomic E-state index is 14.4. The number of carbonyl (C=O) groups excluding carboxylic acids is 3. The van der Waals surface area contributed by atoms with Gasteiger partial charge < -0.3 is 24.5 Å². The fourth-order valence-electron chi connectivity index (χ4n) is 7.74. The third kappa shape index (κ3) is 4.23. The molecule has 208 valence electrons. The Morgan fingerprint density at radius 1 is 0.923 bits per heavy atom. The Balaban J connectivity index is 1.40. The van der Waals surface area contributed by atoms with Crippen molar-refractivity contribution in [2.24, 2.45) is 11.8 Å². The molecule has 8 nitrogen and oxygen atoms in total. The lowest BCUT2D eigenvalue weighted by atomic mass is 9.74. The Morgan fingerprint density at radius 3 is 2.41 bits per heavy atom. The van der Waals surface area contributed by atoms with Gasteiger partial charge in [-0.15, -0.1) is 0 Å². The van der Waals surface area contributed by atoms with E-state index in [-0.39, 0.29) is 36.9 Å². The molecule has 2 saturated heterocycles. The predicted molar refractivity (Wildman–Crippen MR) is 145 cm³/mol. The van der Waals surface area contributed by atoms with E-state index in [2.05, 4.69) is 0 Å². The van der Waals surface area contributed by atoms with Crippen LogP contribution in [0.5, 0.6) is 0 Å². The van der Waals surface area contributed by atoms with E-state index in [4.69, 9.17) is 4.74 Å². The first-order valence-corrected chi connectivity index (χ1v) is 14.5. The lowest BCUT2D eigenvalue weighted by Gasteiger charge is -2.40. The van der Waals surface area contributed by atoms with Crippen molar-refractivity contribution < 1.29 is 24.2 Å². The zero-order chi connectivity index (χ0) is 27.2. The van der Waals surface area contributed by atoms with Crippen LogP contribution >= 0.6 is 0 Å². The molecule has 0 aromatic heterocycles. The lowest BCUT2D eigenvalue weighted by Crippen LogP contribution is -2.57. The predicted octanol–water partition coefficient (Wildman–Crippen LogP) is 2.67. The number of rotatable bonds is 6. The van der Waals surface area contributed by atoms with E-state index in [1.807, 2.05) is 66.5 Å². The average Bonchev–Trinajstić information content (AvgIpc) is 3.21. The number of hydrogen-bond acceptors (Lipinski definition) is 5. The highest BCUT2D eigenvalue weighted by Crippen LogP contribution is 2.57. The molecule has 1 aromatic rings. The number of aliphatic hydroxyl groups excluding tert-OH is 1. The van der Waals surface area contributed by atoms with Gasteiger partial charge in [0.05, 0.1) is 17.4 Å². The maximum atomic E-state index is 14.4.